The Bertz CT molecular complexity index is 349. The van der Waals surface area contributed by atoms with Crippen molar-refractivity contribution in [1.29, 1.82) is 0 Å². The average molecular weight is 195 g/mol. The number of nitrogens with zero attached hydrogens (tertiary/aromatic N) is 2. The van der Waals surface area contributed by atoms with E-state index in [0.717, 1.165) is 0 Å². The number of carbonyl (C=O) groups is 1. The highest BCUT2D eigenvalue weighted by molar-refractivity contribution is 5.87. The minimum absolute atomic E-state index is 0.377. The molecule has 0 aliphatic rings. The van der Waals surface area contributed by atoms with E-state index in [-0.39, 0.29) is 0 Å². The zero-order chi connectivity index (χ0) is 10.8. The van der Waals surface area contributed by atoms with Gasteiger partial charge < -0.3 is 16.8 Å². The number of rotatable bonds is 3. The van der Waals surface area contributed by atoms with Crippen LogP contribution < -0.4 is 16.8 Å². The van der Waals surface area contributed by atoms with Crippen LogP contribution in [0.15, 0.2) is 12.5 Å². The normalized spacial score (nSPS) is 11.0. The second-order valence-electron chi connectivity index (χ2n) is 3.44. The molecule has 1 aromatic rings. The van der Waals surface area contributed by atoms with Crippen LogP contribution in [0.25, 0.3) is 0 Å². The molecule has 1 amide bonds. The lowest BCUT2D eigenvalue weighted by Crippen LogP contribution is -2.45. The van der Waals surface area contributed by atoms with Gasteiger partial charge in [-0.1, -0.05) is 0 Å². The molecular formula is C8H13N5O. The Balaban J connectivity index is 2.89. The van der Waals surface area contributed by atoms with Crippen molar-refractivity contribution < 1.29 is 4.79 Å². The van der Waals surface area contributed by atoms with E-state index in [0.29, 0.717) is 11.5 Å². The Labute approximate surface area is 81.7 Å². The number of aromatic nitrogens is 2. The molecule has 0 aliphatic heterocycles. The van der Waals surface area contributed by atoms with E-state index in [1.54, 1.807) is 13.8 Å². The molecular weight excluding hydrogens is 182 g/mol. The number of hydrogen-bond acceptors (Lipinski definition) is 5. The second kappa shape index (κ2) is 3.49. The number of hydrogen-bond donors (Lipinski definition) is 3. The number of nitrogens with one attached hydrogen (secondary N) is 1. The predicted molar refractivity (Wildman–Crippen MR) is 53.3 cm³/mol. The molecule has 0 spiro atoms. The van der Waals surface area contributed by atoms with Crippen LogP contribution in [0.4, 0.5) is 11.5 Å². The summed E-state index contributed by atoms with van der Waals surface area (Å²) in [6.45, 7) is 3.30. The van der Waals surface area contributed by atoms with Crippen LogP contribution in [-0.4, -0.2) is 21.4 Å². The van der Waals surface area contributed by atoms with Crippen molar-refractivity contribution in [3.05, 3.63) is 12.5 Å². The molecule has 1 rings (SSSR count). The van der Waals surface area contributed by atoms with E-state index in [1.165, 1.54) is 12.5 Å². The number of nitrogens with two attached hydrogens (primary N) is 2. The van der Waals surface area contributed by atoms with Crippen LogP contribution >= 0.6 is 0 Å². The number of anilines is 2. The van der Waals surface area contributed by atoms with Crippen LogP contribution in [0, 0.1) is 0 Å². The molecule has 0 saturated carbocycles. The molecule has 5 N–H and O–H groups in total. The summed E-state index contributed by atoms with van der Waals surface area (Å²) in [6, 6.07) is 0. The van der Waals surface area contributed by atoms with Gasteiger partial charge in [-0.25, -0.2) is 9.97 Å². The van der Waals surface area contributed by atoms with Crippen LogP contribution in [0.1, 0.15) is 13.8 Å². The SMILES string of the molecule is CC(C)(Nc1ncncc1N)C(N)=O. The third-order valence-electron chi connectivity index (χ3n) is 1.79. The zero-order valence-electron chi connectivity index (χ0n) is 8.11. The minimum Gasteiger partial charge on any atom is -0.394 e. The van der Waals surface area contributed by atoms with Gasteiger partial charge in [0.05, 0.1) is 11.9 Å². The smallest absolute Gasteiger partial charge is 0.242 e. The molecule has 0 atom stereocenters. The molecule has 0 saturated heterocycles. The van der Waals surface area contributed by atoms with Gasteiger partial charge in [0, 0.05) is 0 Å². The van der Waals surface area contributed by atoms with E-state index < -0.39 is 11.4 Å². The number of primary amides is 1. The number of nitrogen functional groups attached to an aromatic ring is 1. The highest BCUT2D eigenvalue weighted by atomic mass is 16.1. The van der Waals surface area contributed by atoms with Gasteiger partial charge >= 0.3 is 0 Å². The van der Waals surface area contributed by atoms with Gasteiger partial charge in [-0.15, -0.1) is 0 Å². The molecule has 0 radical (unpaired) electrons. The van der Waals surface area contributed by atoms with Crippen LogP contribution in [0.5, 0.6) is 0 Å². The highest BCUT2D eigenvalue weighted by Gasteiger charge is 2.25. The van der Waals surface area contributed by atoms with Crippen molar-refractivity contribution in [3.63, 3.8) is 0 Å². The van der Waals surface area contributed by atoms with Crippen molar-refractivity contribution >= 4 is 17.4 Å². The zero-order valence-corrected chi connectivity index (χ0v) is 8.11. The lowest BCUT2D eigenvalue weighted by molar-refractivity contribution is -0.121. The van der Waals surface area contributed by atoms with Crippen molar-refractivity contribution in [2.24, 2.45) is 5.73 Å². The van der Waals surface area contributed by atoms with Crippen LogP contribution in [-0.2, 0) is 4.79 Å². The summed E-state index contributed by atoms with van der Waals surface area (Å²) in [4.78, 5) is 18.6. The minimum atomic E-state index is -0.886. The Morgan fingerprint density at radius 1 is 1.57 bits per heavy atom. The molecule has 0 aromatic carbocycles. The molecule has 76 valence electrons. The van der Waals surface area contributed by atoms with Gasteiger partial charge in [-0.2, -0.15) is 0 Å². The topological polar surface area (TPSA) is 107 Å². The maximum absolute atomic E-state index is 11.0. The summed E-state index contributed by atoms with van der Waals surface area (Å²) < 4.78 is 0. The fraction of sp³-hybridized carbons (Fsp3) is 0.375. The lowest BCUT2D eigenvalue weighted by Gasteiger charge is -2.23. The molecule has 0 fully saturated rings. The Hall–Kier alpha value is -1.85. The Morgan fingerprint density at radius 2 is 2.21 bits per heavy atom. The number of carbonyl (C=O) groups excluding carboxylic acids is 1. The molecule has 0 aliphatic carbocycles. The van der Waals surface area contributed by atoms with Gasteiger partial charge in [0.1, 0.15) is 11.9 Å². The molecule has 0 unspecified atom stereocenters. The van der Waals surface area contributed by atoms with E-state index in [4.69, 9.17) is 11.5 Å². The fourth-order valence-electron chi connectivity index (χ4n) is 0.802. The van der Waals surface area contributed by atoms with E-state index in [9.17, 15) is 4.79 Å². The third kappa shape index (κ3) is 2.09. The molecule has 6 nitrogen and oxygen atoms in total. The first kappa shape index (κ1) is 10.2. The average Bonchev–Trinajstić information content (AvgIpc) is 2.08. The van der Waals surface area contributed by atoms with Gasteiger partial charge in [0.15, 0.2) is 5.82 Å². The monoisotopic (exact) mass is 195 g/mol. The Morgan fingerprint density at radius 3 is 2.71 bits per heavy atom. The van der Waals surface area contributed by atoms with Crippen molar-refractivity contribution in [2.75, 3.05) is 11.1 Å². The van der Waals surface area contributed by atoms with Gasteiger partial charge in [-0.05, 0) is 13.8 Å². The second-order valence-corrected chi connectivity index (χ2v) is 3.44. The van der Waals surface area contributed by atoms with Crippen molar-refractivity contribution in [3.8, 4) is 0 Å². The summed E-state index contributed by atoms with van der Waals surface area (Å²) in [5.41, 5.74) is 10.3. The van der Waals surface area contributed by atoms with Gasteiger partial charge in [-0.3, -0.25) is 4.79 Å². The predicted octanol–water partition coefficient (Wildman–Crippen LogP) is -0.265. The summed E-state index contributed by atoms with van der Waals surface area (Å²) in [7, 11) is 0. The third-order valence-corrected chi connectivity index (χ3v) is 1.79. The molecule has 6 heteroatoms. The first-order valence-electron chi connectivity index (χ1n) is 4.07. The van der Waals surface area contributed by atoms with Gasteiger partial charge in [0.25, 0.3) is 0 Å². The first-order chi connectivity index (χ1) is 6.43. The van der Waals surface area contributed by atoms with Crippen molar-refractivity contribution in [1.82, 2.24) is 9.97 Å². The molecule has 1 heterocycles. The van der Waals surface area contributed by atoms with Gasteiger partial charge in [0.2, 0.25) is 5.91 Å². The van der Waals surface area contributed by atoms with Crippen LogP contribution in [0.2, 0.25) is 0 Å². The molecule has 0 bridgehead atoms. The number of amides is 1. The first-order valence-corrected chi connectivity index (χ1v) is 4.07. The largest absolute Gasteiger partial charge is 0.394 e. The lowest BCUT2D eigenvalue weighted by atomic mass is 10.1. The van der Waals surface area contributed by atoms with E-state index in [1.807, 2.05) is 0 Å². The molecule has 14 heavy (non-hydrogen) atoms. The van der Waals surface area contributed by atoms with Crippen molar-refractivity contribution in [2.45, 2.75) is 19.4 Å². The summed E-state index contributed by atoms with van der Waals surface area (Å²) in [5, 5.41) is 2.84. The fourth-order valence-corrected chi connectivity index (χ4v) is 0.802. The maximum atomic E-state index is 11.0. The standard InChI is InChI=1S/C8H13N5O/c1-8(2,7(10)14)13-6-5(9)3-11-4-12-6/h3-4H,9H2,1-2H3,(H2,10,14)(H,11,12,13). The maximum Gasteiger partial charge on any atom is 0.242 e. The Kier molecular flexibility index (Phi) is 2.55. The summed E-state index contributed by atoms with van der Waals surface area (Å²) >= 11 is 0. The molecule has 1 aromatic heterocycles. The van der Waals surface area contributed by atoms with E-state index in [2.05, 4.69) is 15.3 Å². The quantitative estimate of drug-likeness (QED) is 0.615. The van der Waals surface area contributed by atoms with Crippen LogP contribution in [0.3, 0.4) is 0 Å². The van der Waals surface area contributed by atoms with E-state index >= 15 is 0 Å². The summed E-state index contributed by atoms with van der Waals surface area (Å²) in [5.74, 6) is -0.0701. The highest BCUT2D eigenvalue weighted by Crippen LogP contribution is 2.17. The summed E-state index contributed by atoms with van der Waals surface area (Å²) in [6.07, 6.45) is 2.79.